The standard InChI is InChI=1S/C37H56O2/c1-14-15-16-31(29-21-27(6)34(38-19-17-25(2)3)32(23-29)36(8,9)10)30-22-28(7)35(39-20-18-26(4)5)33(24-30)37(11,12)13/h17-18,21-24,31H,14-16,19-20H2,1-13H3. The second-order valence-electron chi connectivity index (χ2n) is 13.8. The van der Waals surface area contributed by atoms with Crippen molar-refractivity contribution in [3.63, 3.8) is 0 Å². The molecule has 0 heterocycles. The molecule has 0 aromatic heterocycles. The van der Waals surface area contributed by atoms with E-state index in [9.17, 15) is 0 Å². The van der Waals surface area contributed by atoms with E-state index >= 15 is 0 Å². The van der Waals surface area contributed by atoms with Crippen LogP contribution in [-0.4, -0.2) is 13.2 Å². The highest BCUT2D eigenvalue weighted by Gasteiger charge is 2.27. The maximum atomic E-state index is 6.38. The minimum absolute atomic E-state index is 0.0223. The maximum Gasteiger partial charge on any atom is 0.126 e. The molecule has 0 saturated heterocycles. The van der Waals surface area contributed by atoms with Gasteiger partial charge in [0.2, 0.25) is 0 Å². The van der Waals surface area contributed by atoms with E-state index in [-0.39, 0.29) is 10.8 Å². The average Bonchev–Trinajstić information content (AvgIpc) is 2.79. The molecule has 0 fully saturated rings. The molecule has 2 aromatic rings. The summed E-state index contributed by atoms with van der Waals surface area (Å²) < 4.78 is 12.8. The van der Waals surface area contributed by atoms with Crippen LogP contribution in [0.4, 0.5) is 0 Å². The molecule has 0 unspecified atom stereocenters. The first-order chi connectivity index (χ1) is 18.1. The summed E-state index contributed by atoms with van der Waals surface area (Å²) in [7, 11) is 0. The average molecular weight is 533 g/mol. The van der Waals surface area contributed by atoms with Crippen molar-refractivity contribution in [2.45, 2.75) is 126 Å². The molecule has 2 nitrogen and oxygen atoms in total. The first kappa shape index (κ1) is 32.7. The highest BCUT2D eigenvalue weighted by molar-refractivity contribution is 5.53. The van der Waals surface area contributed by atoms with Gasteiger partial charge in [0.05, 0.1) is 0 Å². The van der Waals surface area contributed by atoms with Gasteiger partial charge in [-0.15, -0.1) is 0 Å². The van der Waals surface area contributed by atoms with Crippen LogP contribution in [0.3, 0.4) is 0 Å². The molecular formula is C37H56O2. The van der Waals surface area contributed by atoms with E-state index in [1.807, 2.05) is 0 Å². The third-order valence-electron chi connectivity index (χ3n) is 7.30. The van der Waals surface area contributed by atoms with Crippen LogP contribution in [0, 0.1) is 13.8 Å². The fourth-order valence-corrected chi connectivity index (χ4v) is 5.02. The zero-order valence-electron chi connectivity index (χ0n) is 27.4. The summed E-state index contributed by atoms with van der Waals surface area (Å²) in [6, 6.07) is 9.60. The highest BCUT2D eigenvalue weighted by Crippen LogP contribution is 2.43. The molecule has 0 radical (unpaired) electrons. The van der Waals surface area contributed by atoms with E-state index in [1.165, 1.54) is 57.4 Å². The van der Waals surface area contributed by atoms with Crippen LogP contribution in [0.5, 0.6) is 11.5 Å². The van der Waals surface area contributed by atoms with Crippen molar-refractivity contribution in [2.24, 2.45) is 0 Å². The lowest BCUT2D eigenvalue weighted by Crippen LogP contribution is -2.17. The van der Waals surface area contributed by atoms with Crippen LogP contribution < -0.4 is 9.47 Å². The Labute approximate surface area is 240 Å². The summed E-state index contributed by atoms with van der Waals surface area (Å²) in [4.78, 5) is 0. The van der Waals surface area contributed by atoms with Crippen molar-refractivity contribution in [1.82, 2.24) is 0 Å². The Balaban J connectivity index is 2.71. The van der Waals surface area contributed by atoms with Gasteiger partial charge in [0.15, 0.2) is 0 Å². The van der Waals surface area contributed by atoms with Crippen LogP contribution >= 0.6 is 0 Å². The van der Waals surface area contributed by atoms with Crippen molar-refractivity contribution in [2.75, 3.05) is 13.2 Å². The van der Waals surface area contributed by atoms with Gasteiger partial charge >= 0.3 is 0 Å². The van der Waals surface area contributed by atoms with E-state index in [0.717, 1.165) is 17.9 Å². The predicted octanol–water partition coefficient (Wildman–Crippen LogP) is 10.9. The molecule has 0 aliphatic carbocycles. The van der Waals surface area contributed by atoms with Crippen LogP contribution in [0.25, 0.3) is 0 Å². The number of benzene rings is 2. The van der Waals surface area contributed by atoms with E-state index in [2.05, 4.69) is 126 Å². The second-order valence-corrected chi connectivity index (χ2v) is 13.8. The molecule has 0 amide bonds. The minimum atomic E-state index is -0.0223. The summed E-state index contributed by atoms with van der Waals surface area (Å²) in [5.41, 5.74) is 10.3. The van der Waals surface area contributed by atoms with Crippen molar-refractivity contribution >= 4 is 0 Å². The molecule has 2 rings (SSSR count). The molecule has 0 bridgehead atoms. The molecule has 2 heteroatoms. The van der Waals surface area contributed by atoms with Gasteiger partial charge in [-0.2, -0.15) is 0 Å². The summed E-state index contributed by atoms with van der Waals surface area (Å²) in [6.07, 6.45) is 7.80. The Morgan fingerprint density at radius 3 is 1.38 bits per heavy atom. The molecule has 39 heavy (non-hydrogen) atoms. The molecule has 216 valence electrons. The molecular weight excluding hydrogens is 476 g/mol. The number of hydrogen-bond donors (Lipinski definition) is 0. The summed E-state index contributed by atoms with van der Waals surface area (Å²) in [5, 5.41) is 0. The lowest BCUT2D eigenvalue weighted by atomic mass is 9.77. The zero-order valence-corrected chi connectivity index (χ0v) is 27.4. The Morgan fingerprint density at radius 2 is 1.08 bits per heavy atom. The van der Waals surface area contributed by atoms with E-state index in [1.54, 1.807) is 0 Å². The molecule has 0 atom stereocenters. The quantitative estimate of drug-likeness (QED) is 0.268. The maximum absolute atomic E-state index is 6.38. The van der Waals surface area contributed by atoms with Gasteiger partial charge in [0.1, 0.15) is 24.7 Å². The third kappa shape index (κ3) is 9.30. The van der Waals surface area contributed by atoms with Crippen LogP contribution in [0.1, 0.15) is 135 Å². The largest absolute Gasteiger partial charge is 0.489 e. The Kier molecular flexibility index (Phi) is 11.5. The van der Waals surface area contributed by atoms with Crippen LogP contribution in [0.15, 0.2) is 47.6 Å². The summed E-state index contributed by atoms with van der Waals surface area (Å²) in [6.45, 7) is 30.1. The Hall–Kier alpha value is -2.48. The van der Waals surface area contributed by atoms with Crippen molar-refractivity contribution < 1.29 is 9.47 Å². The molecule has 0 aliphatic heterocycles. The van der Waals surface area contributed by atoms with Gasteiger partial charge in [0.25, 0.3) is 0 Å². The Bertz CT molecular complexity index is 1070. The SMILES string of the molecule is CCCCC(c1cc(C)c(OCC=C(C)C)c(C(C)(C)C)c1)c1cc(C)c(OCC=C(C)C)c(C(C)(C)C)c1. The highest BCUT2D eigenvalue weighted by atomic mass is 16.5. The van der Waals surface area contributed by atoms with Gasteiger partial charge in [-0.25, -0.2) is 0 Å². The van der Waals surface area contributed by atoms with Gasteiger partial charge in [0, 0.05) is 17.0 Å². The first-order valence-electron chi connectivity index (χ1n) is 14.9. The van der Waals surface area contributed by atoms with E-state index < -0.39 is 0 Å². The number of hydrogen-bond acceptors (Lipinski definition) is 2. The van der Waals surface area contributed by atoms with E-state index in [0.29, 0.717) is 19.1 Å². The molecule has 2 aromatic carbocycles. The smallest absolute Gasteiger partial charge is 0.126 e. The molecule has 0 aliphatic rings. The molecule has 0 saturated carbocycles. The third-order valence-corrected chi connectivity index (χ3v) is 7.30. The van der Waals surface area contributed by atoms with Gasteiger partial charge in [-0.3, -0.25) is 0 Å². The van der Waals surface area contributed by atoms with Gasteiger partial charge in [-0.1, -0.05) is 96.7 Å². The lowest BCUT2D eigenvalue weighted by molar-refractivity contribution is 0.347. The summed E-state index contributed by atoms with van der Waals surface area (Å²) >= 11 is 0. The number of aryl methyl sites for hydroxylation is 2. The van der Waals surface area contributed by atoms with Gasteiger partial charge < -0.3 is 9.47 Å². The second kappa shape index (κ2) is 13.7. The molecule has 0 spiro atoms. The Morgan fingerprint density at radius 1 is 0.692 bits per heavy atom. The number of unbranched alkanes of at least 4 members (excludes halogenated alkanes) is 1. The molecule has 0 N–H and O–H groups in total. The number of allylic oxidation sites excluding steroid dienone is 2. The first-order valence-corrected chi connectivity index (χ1v) is 14.9. The predicted molar refractivity (Wildman–Crippen MR) is 171 cm³/mol. The monoisotopic (exact) mass is 532 g/mol. The van der Waals surface area contributed by atoms with Crippen LogP contribution in [0.2, 0.25) is 0 Å². The fourth-order valence-electron chi connectivity index (χ4n) is 5.02. The normalized spacial score (nSPS) is 11.9. The lowest BCUT2D eigenvalue weighted by Gasteiger charge is -2.30. The minimum Gasteiger partial charge on any atom is -0.489 e. The van der Waals surface area contributed by atoms with Crippen molar-refractivity contribution in [1.29, 1.82) is 0 Å². The van der Waals surface area contributed by atoms with Crippen molar-refractivity contribution in [3.05, 3.63) is 80.9 Å². The number of rotatable bonds is 11. The fraction of sp³-hybridized carbons (Fsp3) is 0.568. The van der Waals surface area contributed by atoms with Crippen LogP contribution in [-0.2, 0) is 10.8 Å². The topological polar surface area (TPSA) is 18.5 Å². The zero-order chi connectivity index (χ0) is 29.5. The van der Waals surface area contributed by atoms with E-state index in [4.69, 9.17) is 9.47 Å². The van der Waals surface area contributed by atoms with Gasteiger partial charge in [-0.05, 0) is 93.2 Å². The summed E-state index contributed by atoms with van der Waals surface area (Å²) in [5.74, 6) is 2.39. The van der Waals surface area contributed by atoms with Crippen molar-refractivity contribution in [3.8, 4) is 11.5 Å². The number of ether oxygens (including phenoxy) is 2.